The largest absolute Gasteiger partial charge is 0.365 e. The number of nitrogens with two attached hydrogens (primary N) is 1. The Balaban J connectivity index is 1.48. The van der Waals surface area contributed by atoms with E-state index < -0.39 is 23.6 Å². The van der Waals surface area contributed by atoms with Crippen molar-refractivity contribution in [2.75, 3.05) is 13.2 Å². The fourth-order valence-corrected chi connectivity index (χ4v) is 4.57. The standard InChI is InChI=1S/C27H23ClFN5O4/c28-21-16-34(33-23(21)18-8-10-19(29)11-9-18)24-20(7-4-12-31-24)25(35)32-22(15-17-5-2-1-3-6-17)27(26(30)36)37-13-14-38-27/h1-12,16,22H,13-15H2,(H2,30,36)(H,32,35). The highest BCUT2D eigenvalue weighted by atomic mass is 35.5. The molecule has 3 N–H and O–H groups in total. The number of nitrogens with zero attached hydrogens (tertiary/aromatic N) is 3. The minimum atomic E-state index is -1.83. The number of rotatable bonds is 8. The Hall–Kier alpha value is -4.12. The van der Waals surface area contributed by atoms with Gasteiger partial charge >= 0.3 is 0 Å². The van der Waals surface area contributed by atoms with Crippen molar-refractivity contribution in [3.05, 3.63) is 101 Å². The van der Waals surface area contributed by atoms with E-state index in [4.69, 9.17) is 26.8 Å². The topological polar surface area (TPSA) is 121 Å². The molecule has 0 bridgehead atoms. The van der Waals surface area contributed by atoms with Gasteiger partial charge in [0, 0.05) is 11.8 Å². The van der Waals surface area contributed by atoms with Crippen molar-refractivity contribution >= 4 is 23.4 Å². The first-order chi connectivity index (χ1) is 18.4. The fraction of sp³-hybridized carbons (Fsp3) is 0.185. The van der Waals surface area contributed by atoms with Crippen LogP contribution in [0.5, 0.6) is 0 Å². The summed E-state index contributed by atoms with van der Waals surface area (Å²) in [6, 6.07) is 17.2. The maximum absolute atomic E-state index is 13.6. The molecule has 2 aromatic heterocycles. The number of nitrogens with one attached hydrogen (secondary N) is 1. The molecular weight excluding hydrogens is 513 g/mol. The maximum Gasteiger partial charge on any atom is 0.280 e. The van der Waals surface area contributed by atoms with E-state index in [9.17, 15) is 14.0 Å². The lowest BCUT2D eigenvalue weighted by atomic mass is 9.97. The quantitative estimate of drug-likeness (QED) is 0.357. The van der Waals surface area contributed by atoms with Crippen molar-refractivity contribution < 1.29 is 23.5 Å². The van der Waals surface area contributed by atoms with E-state index in [1.54, 1.807) is 24.3 Å². The van der Waals surface area contributed by atoms with Crippen molar-refractivity contribution in [1.82, 2.24) is 20.1 Å². The van der Waals surface area contributed by atoms with Crippen molar-refractivity contribution in [1.29, 1.82) is 0 Å². The first kappa shape index (κ1) is 25.5. The Labute approximate surface area is 222 Å². The van der Waals surface area contributed by atoms with Crippen molar-refractivity contribution in [3.63, 3.8) is 0 Å². The molecule has 1 unspecified atom stereocenters. The number of hydrogen-bond donors (Lipinski definition) is 2. The number of hydrogen-bond acceptors (Lipinski definition) is 6. The van der Waals surface area contributed by atoms with Crippen LogP contribution in [0.4, 0.5) is 4.39 Å². The summed E-state index contributed by atoms with van der Waals surface area (Å²) >= 11 is 6.43. The number of primary amides is 1. The summed E-state index contributed by atoms with van der Waals surface area (Å²) in [5.41, 5.74) is 7.69. The highest BCUT2D eigenvalue weighted by Crippen LogP contribution is 2.29. The highest BCUT2D eigenvalue weighted by molar-refractivity contribution is 6.33. The Morgan fingerprint density at radius 2 is 1.79 bits per heavy atom. The maximum atomic E-state index is 13.6. The van der Waals surface area contributed by atoms with Crippen LogP contribution in [0, 0.1) is 5.82 Å². The van der Waals surface area contributed by atoms with Crippen LogP contribution in [-0.2, 0) is 20.7 Å². The second-order valence-corrected chi connectivity index (χ2v) is 9.00. The van der Waals surface area contributed by atoms with Gasteiger partial charge in [-0.1, -0.05) is 41.9 Å². The summed E-state index contributed by atoms with van der Waals surface area (Å²) in [7, 11) is 0. The number of ether oxygens (including phenoxy) is 2. The van der Waals surface area contributed by atoms with Crippen LogP contribution in [0.15, 0.2) is 79.1 Å². The molecule has 1 saturated heterocycles. The third kappa shape index (κ3) is 5.01. The van der Waals surface area contributed by atoms with Crippen LogP contribution in [0.1, 0.15) is 15.9 Å². The molecule has 0 saturated carbocycles. The van der Waals surface area contributed by atoms with E-state index >= 15 is 0 Å². The molecule has 1 aliphatic rings. The van der Waals surface area contributed by atoms with Gasteiger partial charge in [0.05, 0.1) is 36.0 Å². The zero-order valence-electron chi connectivity index (χ0n) is 20.0. The molecule has 2 amide bonds. The molecular formula is C27H23ClFN5O4. The number of amides is 2. The summed E-state index contributed by atoms with van der Waals surface area (Å²) < 4.78 is 26.1. The highest BCUT2D eigenvalue weighted by Gasteiger charge is 2.51. The van der Waals surface area contributed by atoms with Gasteiger partial charge in [-0.25, -0.2) is 14.1 Å². The molecule has 0 aliphatic carbocycles. The normalized spacial score (nSPS) is 15.2. The van der Waals surface area contributed by atoms with E-state index in [1.807, 2.05) is 30.3 Å². The second kappa shape index (κ2) is 10.7. The van der Waals surface area contributed by atoms with E-state index in [-0.39, 0.29) is 41.9 Å². The van der Waals surface area contributed by atoms with Gasteiger partial charge in [-0.3, -0.25) is 9.59 Å². The molecule has 4 aromatic rings. The molecule has 2 aromatic carbocycles. The van der Waals surface area contributed by atoms with Crippen molar-refractivity contribution in [2.24, 2.45) is 5.73 Å². The summed E-state index contributed by atoms with van der Waals surface area (Å²) in [5.74, 6) is -3.42. The molecule has 11 heteroatoms. The number of carbonyl (C=O) groups is 2. The van der Waals surface area contributed by atoms with Gasteiger partial charge in [-0.05, 0) is 48.4 Å². The molecule has 1 fully saturated rings. The lowest BCUT2D eigenvalue weighted by Crippen LogP contribution is -2.61. The first-order valence-corrected chi connectivity index (χ1v) is 12.1. The number of carbonyl (C=O) groups excluding carboxylic acids is 2. The lowest BCUT2D eigenvalue weighted by molar-refractivity contribution is -0.189. The Morgan fingerprint density at radius 3 is 2.47 bits per heavy atom. The number of benzene rings is 2. The van der Waals surface area contributed by atoms with Crippen LogP contribution in [0.2, 0.25) is 5.02 Å². The minimum Gasteiger partial charge on any atom is -0.365 e. The van der Waals surface area contributed by atoms with Gasteiger partial charge in [-0.2, -0.15) is 5.10 Å². The summed E-state index contributed by atoms with van der Waals surface area (Å²) in [5, 5.41) is 7.64. The molecule has 0 radical (unpaired) electrons. The minimum absolute atomic E-state index is 0.153. The monoisotopic (exact) mass is 535 g/mol. The Morgan fingerprint density at radius 1 is 1.08 bits per heavy atom. The molecule has 1 aliphatic heterocycles. The van der Waals surface area contributed by atoms with E-state index in [2.05, 4.69) is 15.4 Å². The summed E-state index contributed by atoms with van der Waals surface area (Å²) in [4.78, 5) is 30.5. The first-order valence-electron chi connectivity index (χ1n) is 11.8. The van der Waals surface area contributed by atoms with Crippen molar-refractivity contribution in [3.8, 4) is 17.1 Å². The molecule has 0 spiro atoms. The predicted molar refractivity (Wildman–Crippen MR) is 137 cm³/mol. The van der Waals surface area contributed by atoms with Crippen LogP contribution < -0.4 is 11.1 Å². The number of halogens is 2. The van der Waals surface area contributed by atoms with Gasteiger partial charge in [0.25, 0.3) is 17.6 Å². The summed E-state index contributed by atoms with van der Waals surface area (Å²) in [6.45, 7) is 0.306. The third-order valence-corrected chi connectivity index (χ3v) is 6.42. The average molecular weight is 536 g/mol. The number of aromatic nitrogens is 3. The average Bonchev–Trinajstić information content (AvgIpc) is 3.58. The molecule has 1 atom stereocenters. The molecule has 9 nitrogen and oxygen atoms in total. The van der Waals surface area contributed by atoms with Gasteiger partial charge in [0.15, 0.2) is 5.82 Å². The fourth-order valence-electron chi connectivity index (χ4n) is 4.33. The number of pyridine rings is 1. The van der Waals surface area contributed by atoms with Crippen LogP contribution in [0.25, 0.3) is 17.1 Å². The van der Waals surface area contributed by atoms with E-state index in [1.165, 1.54) is 29.2 Å². The zero-order valence-corrected chi connectivity index (χ0v) is 20.8. The lowest BCUT2D eigenvalue weighted by Gasteiger charge is -2.33. The Bertz CT molecular complexity index is 1460. The van der Waals surface area contributed by atoms with Crippen molar-refractivity contribution in [2.45, 2.75) is 18.2 Å². The molecule has 5 rings (SSSR count). The SMILES string of the molecule is NC(=O)C1(C(Cc2ccccc2)NC(=O)c2cccnc2-n2cc(Cl)c(-c3ccc(F)cc3)n2)OCCO1. The predicted octanol–water partition coefficient (Wildman–Crippen LogP) is 3.30. The second-order valence-electron chi connectivity index (χ2n) is 8.60. The smallest absolute Gasteiger partial charge is 0.280 e. The van der Waals surface area contributed by atoms with E-state index in [0.717, 1.165) is 5.56 Å². The molecule has 194 valence electrons. The van der Waals surface area contributed by atoms with E-state index in [0.29, 0.717) is 11.3 Å². The van der Waals surface area contributed by atoms with Gasteiger partial charge < -0.3 is 20.5 Å². The van der Waals surface area contributed by atoms with Crippen LogP contribution >= 0.6 is 11.6 Å². The van der Waals surface area contributed by atoms with Gasteiger partial charge in [-0.15, -0.1) is 0 Å². The summed E-state index contributed by atoms with van der Waals surface area (Å²) in [6.07, 6.45) is 3.23. The van der Waals surface area contributed by atoms with Crippen LogP contribution in [0.3, 0.4) is 0 Å². The van der Waals surface area contributed by atoms with Crippen LogP contribution in [-0.4, -0.2) is 51.6 Å². The van der Waals surface area contributed by atoms with Gasteiger partial charge in [0.2, 0.25) is 0 Å². The Kier molecular flexibility index (Phi) is 7.19. The zero-order chi connectivity index (χ0) is 26.7. The molecule has 38 heavy (non-hydrogen) atoms. The molecule has 3 heterocycles. The van der Waals surface area contributed by atoms with Gasteiger partial charge in [0.1, 0.15) is 11.5 Å². The third-order valence-electron chi connectivity index (χ3n) is 6.14.